The van der Waals surface area contributed by atoms with Crippen molar-refractivity contribution in [2.75, 3.05) is 4.90 Å². The molecule has 6 nitrogen and oxygen atoms in total. The first-order valence-electron chi connectivity index (χ1n) is 11.3. The first-order chi connectivity index (χ1) is 16.1. The lowest BCUT2D eigenvalue weighted by molar-refractivity contribution is -0.132. The van der Waals surface area contributed by atoms with Gasteiger partial charge in [-0.15, -0.1) is 11.3 Å². The van der Waals surface area contributed by atoms with E-state index in [1.165, 1.54) is 16.2 Å². The van der Waals surface area contributed by atoms with Gasteiger partial charge in [0.2, 0.25) is 0 Å². The van der Waals surface area contributed by atoms with Gasteiger partial charge >= 0.3 is 5.91 Å². The maximum absolute atomic E-state index is 13.3. The summed E-state index contributed by atoms with van der Waals surface area (Å²) in [6.07, 6.45) is 2.38. The number of rotatable bonds is 3. The molecule has 3 heterocycles. The highest BCUT2D eigenvalue weighted by molar-refractivity contribution is 7.14. The first kappa shape index (κ1) is 22.3. The SMILES string of the molecule is CC1Cc2cc(C(O)=C3C(=O)C(=O)N(c4nccs4)C3c3ccc(C(C)(C)C)cc3)ccc2O1. The molecule has 0 aliphatic carbocycles. The van der Waals surface area contributed by atoms with Crippen LogP contribution in [0, 0.1) is 0 Å². The molecule has 0 saturated carbocycles. The first-order valence-corrected chi connectivity index (χ1v) is 12.1. The normalized spacial score (nSPS) is 21.6. The van der Waals surface area contributed by atoms with E-state index in [9.17, 15) is 14.7 Å². The minimum Gasteiger partial charge on any atom is -0.507 e. The number of aromatic nitrogens is 1. The van der Waals surface area contributed by atoms with Gasteiger partial charge < -0.3 is 9.84 Å². The Bertz CT molecular complexity index is 1300. The molecule has 0 bridgehead atoms. The van der Waals surface area contributed by atoms with Gasteiger partial charge in [-0.25, -0.2) is 4.98 Å². The molecule has 2 unspecified atom stereocenters. The molecule has 174 valence electrons. The zero-order valence-corrected chi connectivity index (χ0v) is 20.3. The Morgan fingerprint density at radius 3 is 2.53 bits per heavy atom. The van der Waals surface area contributed by atoms with E-state index in [1.54, 1.807) is 23.7 Å². The Hall–Kier alpha value is -3.45. The fourth-order valence-corrected chi connectivity index (χ4v) is 5.24. The molecule has 1 saturated heterocycles. The van der Waals surface area contributed by atoms with Gasteiger partial charge in [-0.2, -0.15) is 0 Å². The van der Waals surface area contributed by atoms with Crippen LogP contribution in [0.4, 0.5) is 5.13 Å². The lowest BCUT2D eigenvalue weighted by Crippen LogP contribution is -2.29. The molecule has 1 amide bonds. The van der Waals surface area contributed by atoms with Crippen LogP contribution >= 0.6 is 11.3 Å². The zero-order valence-electron chi connectivity index (χ0n) is 19.5. The number of carbonyl (C=O) groups excluding carboxylic acids is 2. The second-order valence-electron chi connectivity index (χ2n) is 9.81. The number of hydrogen-bond donors (Lipinski definition) is 1. The maximum atomic E-state index is 13.3. The molecule has 5 rings (SSSR count). The Labute approximate surface area is 202 Å². The van der Waals surface area contributed by atoms with Crippen LogP contribution in [0.5, 0.6) is 5.75 Å². The lowest BCUT2D eigenvalue weighted by atomic mass is 9.85. The third-order valence-corrected chi connectivity index (χ3v) is 7.10. The molecule has 34 heavy (non-hydrogen) atoms. The summed E-state index contributed by atoms with van der Waals surface area (Å²) < 4.78 is 5.77. The van der Waals surface area contributed by atoms with E-state index in [-0.39, 0.29) is 22.9 Å². The number of ether oxygens (including phenoxy) is 1. The number of aliphatic hydroxyl groups is 1. The summed E-state index contributed by atoms with van der Waals surface area (Å²) >= 11 is 1.28. The van der Waals surface area contributed by atoms with Crippen molar-refractivity contribution in [3.8, 4) is 5.75 Å². The molecular formula is C27H26N2O4S. The maximum Gasteiger partial charge on any atom is 0.301 e. The molecule has 3 aromatic rings. The lowest BCUT2D eigenvalue weighted by Gasteiger charge is -2.24. The number of benzene rings is 2. The van der Waals surface area contributed by atoms with Gasteiger partial charge in [0, 0.05) is 23.6 Å². The topological polar surface area (TPSA) is 79.7 Å². The highest BCUT2D eigenvalue weighted by atomic mass is 32.1. The number of Topliss-reactive ketones (excluding diaryl/α,β-unsaturated/α-hetero) is 1. The van der Waals surface area contributed by atoms with E-state index in [0.29, 0.717) is 10.7 Å². The Kier molecular flexibility index (Phi) is 5.32. The van der Waals surface area contributed by atoms with Crippen LogP contribution in [0.15, 0.2) is 59.6 Å². The Morgan fingerprint density at radius 2 is 1.88 bits per heavy atom. The van der Waals surface area contributed by atoms with Gasteiger partial charge in [0.1, 0.15) is 17.6 Å². The summed E-state index contributed by atoms with van der Waals surface area (Å²) in [5.41, 5.74) is 3.36. The van der Waals surface area contributed by atoms with Crippen molar-refractivity contribution in [1.82, 2.24) is 4.98 Å². The van der Waals surface area contributed by atoms with Crippen LogP contribution < -0.4 is 9.64 Å². The van der Waals surface area contributed by atoms with Crippen molar-refractivity contribution in [1.29, 1.82) is 0 Å². The van der Waals surface area contributed by atoms with Crippen LogP contribution in [-0.2, 0) is 21.4 Å². The molecule has 2 aliphatic heterocycles. The summed E-state index contributed by atoms with van der Waals surface area (Å²) in [6, 6.07) is 12.4. The number of anilines is 1. The number of ketones is 1. The quantitative estimate of drug-likeness (QED) is 0.313. The zero-order chi connectivity index (χ0) is 24.2. The molecule has 2 aliphatic rings. The highest BCUT2D eigenvalue weighted by Crippen LogP contribution is 2.43. The van der Waals surface area contributed by atoms with Gasteiger partial charge in [-0.05, 0) is 47.2 Å². The van der Waals surface area contributed by atoms with E-state index in [1.807, 2.05) is 37.3 Å². The van der Waals surface area contributed by atoms with Gasteiger partial charge in [0.15, 0.2) is 5.13 Å². The third-order valence-electron chi connectivity index (χ3n) is 6.33. The number of carbonyl (C=O) groups is 2. The molecule has 1 aromatic heterocycles. The number of thiazole rings is 1. The largest absolute Gasteiger partial charge is 0.507 e. The smallest absolute Gasteiger partial charge is 0.301 e. The fourth-order valence-electron chi connectivity index (χ4n) is 4.57. The third kappa shape index (κ3) is 3.70. The Morgan fingerprint density at radius 1 is 1.15 bits per heavy atom. The van der Waals surface area contributed by atoms with Gasteiger partial charge in [0.25, 0.3) is 5.78 Å². The summed E-state index contributed by atoms with van der Waals surface area (Å²) in [5.74, 6) is -0.825. The van der Waals surface area contributed by atoms with Crippen molar-refractivity contribution in [2.24, 2.45) is 0 Å². The number of hydrogen-bond acceptors (Lipinski definition) is 6. The monoisotopic (exact) mass is 474 g/mol. The molecular weight excluding hydrogens is 448 g/mol. The molecule has 1 fully saturated rings. The molecule has 2 aromatic carbocycles. The van der Waals surface area contributed by atoms with E-state index < -0.39 is 17.7 Å². The number of aliphatic hydroxyl groups excluding tert-OH is 1. The minimum atomic E-state index is -0.774. The van der Waals surface area contributed by atoms with Gasteiger partial charge in [0.05, 0.1) is 11.6 Å². The van der Waals surface area contributed by atoms with Crippen molar-refractivity contribution in [3.05, 3.63) is 81.9 Å². The van der Waals surface area contributed by atoms with Crippen LogP contribution in [0.25, 0.3) is 5.76 Å². The number of fused-ring (bicyclic) bond motifs is 1. The molecule has 0 spiro atoms. The highest BCUT2D eigenvalue weighted by Gasteiger charge is 2.48. The second-order valence-corrected chi connectivity index (χ2v) is 10.7. The molecule has 2 atom stereocenters. The summed E-state index contributed by atoms with van der Waals surface area (Å²) in [5, 5.41) is 13.5. The minimum absolute atomic E-state index is 0.0424. The van der Waals surface area contributed by atoms with E-state index >= 15 is 0 Å². The van der Waals surface area contributed by atoms with E-state index in [0.717, 1.165) is 28.9 Å². The summed E-state index contributed by atoms with van der Waals surface area (Å²) in [7, 11) is 0. The second kappa shape index (κ2) is 8.09. The molecule has 1 N–H and O–H groups in total. The molecule has 7 heteroatoms. The molecule has 0 radical (unpaired) electrons. The predicted octanol–water partition coefficient (Wildman–Crippen LogP) is 5.39. The standard InChI is InChI=1S/C27H26N2O4S/c1-15-13-18-14-17(7-10-20(18)33-15)23(30)21-22(16-5-8-19(9-6-16)27(2,3)4)29(25(32)24(21)31)26-28-11-12-34-26/h5-12,14-15,22,30H,13H2,1-4H3. The van der Waals surface area contributed by atoms with Crippen LogP contribution in [0.1, 0.15) is 56.0 Å². The van der Waals surface area contributed by atoms with Gasteiger partial charge in [-0.3, -0.25) is 14.5 Å². The van der Waals surface area contributed by atoms with Crippen molar-refractivity contribution >= 4 is 33.9 Å². The van der Waals surface area contributed by atoms with Crippen molar-refractivity contribution < 1.29 is 19.4 Å². The van der Waals surface area contributed by atoms with Crippen LogP contribution in [0.3, 0.4) is 0 Å². The van der Waals surface area contributed by atoms with Crippen molar-refractivity contribution in [2.45, 2.75) is 51.7 Å². The van der Waals surface area contributed by atoms with Gasteiger partial charge in [-0.1, -0.05) is 45.0 Å². The Balaban J connectivity index is 1.66. The average molecular weight is 475 g/mol. The summed E-state index contributed by atoms with van der Waals surface area (Å²) in [6.45, 7) is 8.37. The average Bonchev–Trinajstić information content (AvgIpc) is 3.50. The van der Waals surface area contributed by atoms with E-state index in [4.69, 9.17) is 4.74 Å². The number of nitrogens with zero attached hydrogens (tertiary/aromatic N) is 2. The predicted molar refractivity (Wildman–Crippen MR) is 132 cm³/mol. The van der Waals surface area contributed by atoms with Crippen LogP contribution in [0.2, 0.25) is 0 Å². The van der Waals surface area contributed by atoms with E-state index in [2.05, 4.69) is 25.8 Å². The number of amides is 1. The van der Waals surface area contributed by atoms with Crippen LogP contribution in [-0.4, -0.2) is 27.9 Å². The summed E-state index contributed by atoms with van der Waals surface area (Å²) in [4.78, 5) is 32.1. The van der Waals surface area contributed by atoms with Crippen molar-refractivity contribution in [3.63, 3.8) is 0 Å². The fraction of sp³-hybridized carbons (Fsp3) is 0.296.